The number of alkyl halides is 3. The maximum absolute atomic E-state index is 12.0. The highest BCUT2D eigenvalue weighted by Crippen LogP contribution is 2.28. The van der Waals surface area contributed by atoms with Crippen molar-refractivity contribution in [2.45, 2.75) is 19.1 Å². The van der Waals surface area contributed by atoms with Crippen LogP contribution >= 0.6 is 0 Å². The van der Waals surface area contributed by atoms with E-state index in [9.17, 15) is 13.2 Å². The third-order valence-electron chi connectivity index (χ3n) is 1.51. The predicted molar refractivity (Wildman–Crippen MR) is 38.9 cm³/mol. The molecule has 0 atom stereocenters. The Morgan fingerprint density at radius 1 is 1.46 bits per heavy atom. The molecule has 0 aliphatic carbocycles. The van der Waals surface area contributed by atoms with Gasteiger partial charge >= 0.3 is 6.18 Å². The van der Waals surface area contributed by atoms with Crippen molar-refractivity contribution in [3.8, 4) is 0 Å². The van der Waals surface area contributed by atoms with E-state index in [4.69, 9.17) is 5.11 Å². The summed E-state index contributed by atoms with van der Waals surface area (Å²) in [5, 5.41) is 11.9. The van der Waals surface area contributed by atoms with Gasteiger partial charge in [-0.3, -0.25) is 4.68 Å². The molecule has 0 fully saturated rings. The topological polar surface area (TPSA) is 38.0 Å². The first-order valence-corrected chi connectivity index (χ1v) is 3.74. The van der Waals surface area contributed by atoms with Gasteiger partial charge in [0.1, 0.15) is 0 Å². The summed E-state index contributed by atoms with van der Waals surface area (Å²) >= 11 is 0. The van der Waals surface area contributed by atoms with E-state index in [2.05, 4.69) is 5.10 Å². The van der Waals surface area contributed by atoms with Gasteiger partial charge in [0.2, 0.25) is 0 Å². The molecule has 0 spiro atoms. The Balaban J connectivity index is 2.64. The molecule has 1 aromatic rings. The van der Waals surface area contributed by atoms with Crippen LogP contribution in [0.5, 0.6) is 0 Å². The molecule has 6 heteroatoms. The monoisotopic (exact) mass is 194 g/mol. The Morgan fingerprint density at radius 3 is 2.62 bits per heavy atom. The highest BCUT2D eigenvalue weighted by atomic mass is 19.4. The minimum atomic E-state index is -4.34. The van der Waals surface area contributed by atoms with Gasteiger partial charge in [-0.2, -0.15) is 18.3 Å². The molecule has 0 saturated carbocycles. The quantitative estimate of drug-likeness (QED) is 0.787. The average molecular weight is 194 g/mol. The number of aromatic nitrogens is 2. The zero-order valence-corrected chi connectivity index (χ0v) is 6.75. The highest BCUT2D eigenvalue weighted by Gasteiger charge is 2.31. The summed E-state index contributed by atoms with van der Waals surface area (Å²) < 4.78 is 37.2. The first-order chi connectivity index (χ1) is 6.04. The summed E-state index contributed by atoms with van der Waals surface area (Å²) in [6.45, 7) is 0.244. The number of aliphatic hydroxyl groups excluding tert-OH is 1. The summed E-state index contributed by atoms with van der Waals surface area (Å²) in [5.41, 5.74) is -0.759. The predicted octanol–water partition coefficient (Wildman–Crippen LogP) is 1.28. The van der Waals surface area contributed by atoms with E-state index in [1.54, 1.807) is 0 Å². The van der Waals surface area contributed by atoms with Gasteiger partial charge in [-0.15, -0.1) is 0 Å². The molecule has 1 N–H and O–H groups in total. The molecule has 74 valence electrons. The number of hydrogen-bond donors (Lipinski definition) is 1. The molecule has 0 aliphatic rings. The lowest BCUT2D eigenvalue weighted by atomic mass is 10.3. The van der Waals surface area contributed by atoms with Crippen LogP contribution < -0.4 is 0 Å². The van der Waals surface area contributed by atoms with Gasteiger partial charge in [0.15, 0.2) is 0 Å². The molecule has 0 bridgehead atoms. The molecule has 0 unspecified atom stereocenters. The summed E-state index contributed by atoms with van der Waals surface area (Å²) in [5.74, 6) is 0. The van der Waals surface area contributed by atoms with E-state index in [1.807, 2.05) is 0 Å². The van der Waals surface area contributed by atoms with Crippen molar-refractivity contribution in [2.75, 3.05) is 6.61 Å². The maximum Gasteiger partial charge on any atom is 0.419 e. The number of nitrogens with zero attached hydrogens (tertiary/aromatic N) is 2. The summed E-state index contributed by atoms with van der Waals surface area (Å²) in [4.78, 5) is 0. The Labute approximate surface area is 72.8 Å². The molecule has 0 aliphatic heterocycles. The van der Waals surface area contributed by atoms with Crippen molar-refractivity contribution in [3.05, 3.63) is 18.0 Å². The number of aryl methyl sites for hydroxylation is 1. The van der Waals surface area contributed by atoms with Crippen molar-refractivity contribution in [1.29, 1.82) is 0 Å². The third kappa shape index (κ3) is 2.73. The lowest BCUT2D eigenvalue weighted by molar-refractivity contribution is -0.137. The van der Waals surface area contributed by atoms with Crippen LogP contribution in [0.3, 0.4) is 0 Å². The van der Waals surface area contributed by atoms with E-state index < -0.39 is 11.7 Å². The van der Waals surface area contributed by atoms with Crippen molar-refractivity contribution in [3.63, 3.8) is 0 Å². The molecule has 1 heterocycles. The van der Waals surface area contributed by atoms with Crippen LogP contribution in [0.2, 0.25) is 0 Å². The normalized spacial score (nSPS) is 12.0. The average Bonchev–Trinajstić information content (AvgIpc) is 2.47. The fraction of sp³-hybridized carbons (Fsp3) is 0.571. The molecular formula is C7H9F3N2O. The third-order valence-corrected chi connectivity index (χ3v) is 1.51. The van der Waals surface area contributed by atoms with Crippen LogP contribution in [-0.2, 0) is 12.7 Å². The number of hydrogen-bond acceptors (Lipinski definition) is 2. The second kappa shape index (κ2) is 3.78. The second-order valence-electron chi connectivity index (χ2n) is 2.57. The zero-order valence-electron chi connectivity index (χ0n) is 6.75. The Bertz CT molecular complexity index is 269. The standard InChI is InChI=1S/C7H9F3N2O/c8-7(9,10)6-4-11-12(5-6)2-1-3-13/h4-5,13H,1-3H2. The van der Waals surface area contributed by atoms with Gasteiger partial charge in [-0.1, -0.05) is 0 Å². The van der Waals surface area contributed by atoms with Gasteiger partial charge in [0, 0.05) is 19.3 Å². The number of aliphatic hydroxyl groups is 1. The highest BCUT2D eigenvalue weighted by molar-refractivity contribution is 5.08. The van der Waals surface area contributed by atoms with Gasteiger partial charge in [-0.25, -0.2) is 0 Å². The minimum absolute atomic E-state index is 0.0544. The minimum Gasteiger partial charge on any atom is -0.396 e. The fourth-order valence-corrected chi connectivity index (χ4v) is 0.865. The van der Waals surface area contributed by atoms with Gasteiger partial charge in [0.25, 0.3) is 0 Å². The molecular weight excluding hydrogens is 185 g/mol. The first-order valence-electron chi connectivity index (χ1n) is 3.74. The zero-order chi connectivity index (χ0) is 9.90. The molecule has 0 saturated heterocycles. The SMILES string of the molecule is OCCCn1cc(C(F)(F)F)cn1. The van der Waals surface area contributed by atoms with E-state index in [0.717, 1.165) is 12.4 Å². The smallest absolute Gasteiger partial charge is 0.396 e. The Hall–Kier alpha value is -1.04. The van der Waals surface area contributed by atoms with Crippen LogP contribution in [0, 0.1) is 0 Å². The molecule has 0 radical (unpaired) electrons. The molecule has 13 heavy (non-hydrogen) atoms. The lowest BCUT2D eigenvalue weighted by Gasteiger charge is -2.01. The van der Waals surface area contributed by atoms with Crippen molar-refractivity contribution >= 4 is 0 Å². The van der Waals surface area contributed by atoms with Crippen molar-refractivity contribution < 1.29 is 18.3 Å². The summed E-state index contributed by atoms with van der Waals surface area (Å²) in [7, 11) is 0. The maximum atomic E-state index is 12.0. The van der Waals surface area contributed by atoms with E-state index >= 15 is 0 Å². The summed E-state index contributed by atoms with van der Waals surface area (Å²) in [6.07, 6.45) is -2.23. The van der Waals surface area contributed by atoms with Gasteiger partial charge in [-0.05, 0) is 6.42 Å². The van der Waals surface area contributed by atoms with Crippen LogP contribution in [-0.4, -0.2) is 21.5 Å². The van der Waals surface area contributed by atoms with E-state index in [0.29, 0.717) is 13.0 Å². The van der Waals surface area contributed by atoms with Gasteiger partial charge in [0.05, 0.1) is 11.8 Å². The van der Waals surface area contributed by atoms with Crippen molar-refractivity contribution in [2.24, 2.45) is 0 Å². The van der Waals surface area contributed by atoms with Crippen molar-refractivity contribution in [1.82, 2.24) is 9.78 Å². The van der Waals surface area contributed by atoms with Crippen LogP contribution in [0.25, 0.3) is 0 Å². The van der Waals surface area contributed by atoms with Crippen LogP contribution in [0.15, 0.2) is 12.4 Å². The number of halogens is 3. The lowest BCUT2D eigenvalue weighted by Crippen LogP contribution is -2.04. The van der Waals surface area contributed by atoms with Crippen LogP contribution in [0.4, 0.5) is 13.2 Å². The first kappa shape index (κ1) is 10.0. The van der Waals surface area contributed by atoms with E-state index in [1.165, 1.54) is 4.68 Å². The van der Waals surface area contributed by atoms with Gasteiger partial charge < -0.3 is 5.11 Å². The molecule has 3 nitrogen and oxygen atoms in total. The Morgan fingerprint density at radius 2 is 2.15 bits per heavy atom. The Kier molecular flexibility index (Phi) is 2.92. The molecule has 0 aromatic carbocycles. The largest absolute Gasteiger partial charge is 0.419 e. The van der Waals surface area contributed by atoms with E-state index in [-0.39, 0.29) is 6.61 Å². The number of rotatable bonds is 3. The molecule has 1 rings (SSSR count). The second-order valence-corrected chi connectivity index (χ2v) is 2.57. The molecule has 1 aromatic heterocycles. The summed E-state index contributed by atoms with van der Waals surface area (Å²) in [6, 6.07) is 0. The molecule has 0 amide bonds. The fourth-order valence-electron chi connectivity index (χ4n) is 0.865. The van der Waals surface area contributed by atoms with Crippen LogP contribution in [0.1, 0.15) is 12.0 Å².